The Kier molecular flexibility index (Phi) is 14.0. The van der Waals surface area contributed by atoms with Gasteiger partial charge in [-0.25, -0.2) is 4.79 Å². The maximum Gasteiger partial charge on any atom is 0.324 e. The van der Waals surface area contributed by atoms with Crippen LogP contribution in [0, 0.1) is 0 Å². The molecule has 0 fully saturated rings. The van der Waals surface area contributed by atoms with E-state index in [1.807, 2.05) is 12.1 Å². The summed E-state index contributed by atoms with van der Waals surface area (Å²) < 4.78 is 11.4. The van der Waals surface area contributed by atoms with Crippen LogP contribution in [0.4, 0.5) is 16.2 Å². The maximum absolute atomic E-state index is 12.6. The molecule has 0 spiro atoms. The Bertz CT molecular complexity index is 946. The lowest BCUT2D eigenvalue weighted by Gasteiger charge is -2.23. The number of primary amides is 1. The zero-order valence-corrected chi connectivity index (χ0v) is 22.9. The lowest BCUT2D eigenvalue weighted by atomic mass is 10.1. The van der Waals surface area contributed by atoms with Crippen LogP contribution in [0.1, 0.15) is 94.8 Å². The molecule has 2 rings (SSSR count). The van der Waals surface area contributed by atoms with Crippen LogP contribution in [0.5, 0.6) is 11.5 Å². The minimum absolute atomic E-state index is 0.206. The first-order valence-electron chi connectivity index (χ1n) is 13.8. The number of rotatable bonds is 18. The Morgan fingerprint density at radius 3 is 2.05 bits per heavy atom. The Balaban J connectivity index is 1.97. The Morgan fingerprint density at radius 1 is 0.838 bits per heavy atom. The second kappa shape index (κ2) is 17.3. The second-order valence-electron chi connectivity index (χ2n) is 9.34. The molecule has 7 heteroatoms. The molecular weight excluding hydrogens is 466 g/mol. The number of hydrogen-bond acceptors (Lipinski definition) is 4. The number of amides is 3. The lowest BCUT2D eigenvalue weighted by Crippen LogP contribution is -2.32. The smallest absolute Gasteiger partial charge is 0.324 e. The van der Waals surface area contributed by atoms with Crippen LogP contribution in [0.15, 0.2) is 42.5 Å². The molecule has 0 unspecified atom stereocenters. The standard InChI is InChI=1S/C30H45N3O4/c1-4-6-8-9-10-11-12-13-14-22-37-26-18-16-25(17-19-26)33(30(31)35)27-23-24(15-20-28(27)36-3)29(34)32-21-7-5-2/h15-20,23H,4-14,21-22H2,1-3H3,(H2,31,35)(H,32,34). The van der Waals surface area contributed by atoms with Gasteiger partial charge in [-0.1, -0.05) is 71.6 Å². The van der Waals surface area contributed by atoms with Gasteiger partial charge in [0.2, 0.25) is 0 Å². The highest BCUT2D eigenvalue weighted by Crippen LogP contribution is 2.35. The molecule has 2 aromatic carbocycles. The molecule has 0 aliphatic heterocycles. The number of hydrogen-bond donors (Lipinski definition) is 2. The topological polar surface area (TPSA) is 93.9 Å². The van der Waals surface area contributed by atoms with Crippen molar-refractivity contribution in [1.82, 2.24) is 5.32 Å². The third-order valence-corrected chi connectivity index (χ3v) is 6.33. The van der Waals surface area contributed by atoms with Crippen molar-refractivity contribution >= 4 is 23.3 Å². The Morgan fingerprint density at radius 2 is 1.46 bits per heavy atom. The molecule has 0 saturated heterocycles. The highest BCUT2D eigenvalue weighted by atomic mass is 16.5. The maximum atomic E-state index is 12.6. The molecule has 7 nitrogen and oxygen atoms in total. The largest absolute Gasteiger partial charge is 0.495 e. The Hall–Kier alpha value is -3.22. The predicted molar refractivity (Wildman–Crippen MR) is 151 cm³/mol. The number of nitrogens with one attached hydrogen (secondary N) is 1. The summed E-state index contributed by atoms with van der Waals surface area (Å²) in [5.41, 5.74) is 7.15. The van der Waals surface area contributed by atoms with E-state index in [2.05, 4.69) is 19.2 Å². The van der Waals surface area contributed by atoms with Crippen LogP contribution in [0.3, 0.4) is 0 Å². The normalized spacial score (nSPS) is 10.7. The molecule has 0 atom stereocenters. The predicted octanol–water partition coefficient (Wildman–Crippen LogP) is 7.35. The quantitative estimate of drug-likeness (QED) is 0.205. The molecule has 0 bridgehead atoms. The number of urea groups is 1. The van der Waals surface area contributed by atoms with E-state index in [-0.39, 0.29) is 5.91 Å². The first-order valence-corrected chi connectivity index (χ1v) is 13.8. The van der Waals surface area contributed by atoms with Crippen LogP contribution < -0.4 is 25.4 Å². The average Bonchev–Trinajstić information content (AvgIpc) is 2.90. The van der Waals surface area contributed by atoms with Gasteiger partial charge in [-0.15, -0.1) is 0 Å². The van der Waals surface area contributed by atoms with Gasteiger partial charge < -0.3 is 20.5 Å². The van der Waals surface area contributed by atoms with E-state index in [1.165, 1.54) is 63.4 Å². The zero-order chi connectivity index (χ0) is 26.9. The summed E-state index contributed by atoms with van der Waals surface area (Å²) in [7, 11) is 1.52. The fourth-order valence-electron chi connectivity index (χ4n) is 4.17. The van der Waals surface area contributed by atoms with Crippen molar-refractivity contribution in [3.05, 3.63) is 48.0 Å². The highest BCUT2D eigenvalue weighted by molar-refractivity contribution is 6.02. The summed E-state index contributed by atoms with van der Waals surface area (Å²) in [6.07, 6.45) is 13.3. The second-order valence-corrected chi connectivity index (χ2v) is 9.34. The molecule has 3 N–H and O–H groups in total. The number of nitrogens with zero attached hydrogens (tertiary/aromatic N) is 1. The van der Waals surface area contributed by atoms with E-state index in [1.54, 1.807) is 30.3 Å². The van der Waals surface area contributed by atoms with Gasteiger partial charge in [0.15, 0.2) is 0 Å². The van der Waals surface area contributed by atoms with Gasteiger partial charge >= 0.3 is 6.03 Å². The van der Waals surface area contributed by atoms with E-state index < -0.39 is 6.03 Å². The van der Waals surface area contributed by atoms with Gasteiger partial charge in [0.1, 0.15) is 11.5 Å². The minimum atomic E-state index is -0.676. The number of anilines is 2. The van der Waals surface area contributed by atoms with Crippen LogP contribution >= 0.6 is 0 Å². The molecule has 204 valence electrons. The van der Waals surface area contributed by atoms with E-state index >= 15 is 0 Å². The van der Waals surface area contributed by atoms with Crippen molar-refractivity contribution < 1.29 is 19.1 Å². The average molecular weight is 512 g/mol. The molecule has 37 heavy (non-hydrogen) atoms. The molecule has 0 aliphatic rings. The van der Waals surface area contributed by atoms with Gasteiger partial charge in [0.25, 0.3) is 5.91 Å². The van der Waals surface area contributed by atoms with Crippen molar-refractivity contribution in [1.29, 1.82) is 0 Å². The van der Waals surface area contributed by atoms with E-state index in [0.717, 1.165) is 25.0 Å². The molecule has 0 aromatic heterocycles. The number of unbranched alkanes of at least 4 members (excludes halogenated alkanes) is 9. The van der Waals surface area contributed by atoms with Crippen LogP contribution in [-0.2, 0) is 0 Å². The SMILES string of the molecule is CCCCCCCCCCCOc1ccc(N(C(N)=O)c2cc(C(=O)NCCCC)ccc2OC)cc1. The molecule has 0 heterocycles. The van der Waals surface area contributed by atoms with Crippen molar-refractivity contribution in [2.75, 3.05) is 25.2 Å². The number of carbonyl (C=O) groups excluding carboxylic acids is 2. The minimum Gasteiger partial charge on any atom is -0.495 e. The van der Waals surface area contributed by atoms with E-state index in [9.17, 15) is 9.59 Å². The fourth-order valence-corrected chi connectivity index (χ4v) is 4.17. The number of ether oxygens (including phenoxy) is 2. The lowest BCUT2D eigenvalue weighted by molar-refractivity contribution is 0.0953. The third-order valence-electron chi connectivity index (χ3n) is 6.33. The van der Waals surface area contributed by atoms with Crippen LogP contribution in [0.25, 0.3) is 0 Å². The molecule has 0 radical (unpaired) electrons. The van der Waals surface area contributed by atoms with Crippen LogP contribution in [0.2, 0.25) is 0 Å². The van der Waals surface area contributed by atoms with Crippen LogP contribution in [-0.4, -0.2) is 32.2 Å². The van der Waals surface area contributed by atoms with Crippen molar-refractivity contribution in [2.24, 2.45) is 5.73 Å². The van der Waals surface area contributed by atoms with Gasteiger partial charge in [0.05, 0.1) is 25.1 Å². The number of nitrogens with two attached hydrogens (primary N) is 1. The van der Waals surface area contributed by atoms with E-state index in [0.29, 0.717) is 35.8 Å². The summed E-state index contributed by atoms with van der Waals surface area (Å²) in [4.78, 5) is 26.4. The summed E-state index contributed by atoms with van der Waals surface area (Å²) in [6, 6.07) is 11.5. The first-order chi connectivity index (χ1) is 18.0. The summed E-state index contributed by atoms with van der Waals surface area (Å²) in [5.74, 6) is 0.973. The number of carbonyl (C=O) groups is 2. The van der Waals surface area contributed by atoms with Gasteiger partial charge in [-0.05, 0) is 55.3 Å². The summed E-state index contributed by atoms with van der Waals surface area (Å²) in [6.45, 7) is 5.57. The third kappa shape index (κ3) is 10.3. The molecule has 3 amide bonds. The molecule has 0 aliphatic carbocycles. The monoisotopic (exact) mass is 511 g/mol. The number of benzene rings is 2. The summed E-state index contributed by atoms with van der Waals surface area (Å²) in [5, 5.41) is 2.89. The first kappa shape index (κ1) is 30.0. The van der Waals surface area contributed by atoms with Gasteiger partial charge in [-0.3, -0.25) is 9.69 Å². The van der Waals surface area contributed by atoms with Gasteiger partial charge in [-0.2, -0.15) is 0 Å². The molecular formula is C30H45N3O4. The number of methoxy groups -OCH3 is 1. The van der Waals surface area contributed by atoms with Crippen molar-refractivity contribution in [2.45, 2.75) is 84.5 Å². The fraction of sp³-hybridized carbons (Fsp3) is 0.533. The highest BCUT2D eigenvalue weighted by Gasteiger charge is 2.21. The van der Waals surface area contributed by atoms with Gasteiger partial charge in [0, 0.05) is 12.1 Å². The Labute approximate surface area is 222 Å². The molecule has 0 saturated carbocycles. The summed E-state index contributed by atoms with van der Waals surface area (Å²) >= 11 is 0. The van der Waals surface area contributed by atoms with Crippen molar-refractivity contribution in [3.8, 4) is 11.5 Å². The van der Waals surface area contributed by atoms with E-state index in [4.69, 9.17) is 15.2 Å². The zero-order valence-electron chi connectivity index (χ0n) is 22.9. The molecule has 2 aromatic rings. The van der Waals surface area contributed by atoms with Crippen molar-refractivity contribution in [3.63, 3.8) is 0 Å².